The minimum absolute atomic E-state index is 0.0860. The van der Waals surface area contributed by atoms with Gasteiger partial charge in [0.15, 0.2) is 5.76 Å². The summed E-state index contributed by atoms with van der Waals surface area (Å²) in [5.74, 6) is 1.02. The van der Waals surface area contributed by atoms with Crippen LogP contribution in [-0.4, -0.2) is 21.7 Å². The van der Waals surface area contributed by atoms with Crippen molar-refractivity contribution in [3.63, 3.8) is 0 Å². The number of benzene rings is 1. The average Bonchev–Trinajstić information content (AvgIpc) is 3.24. The molecule has 128 valence electrons. The number of para-hydroxylation sites is 1. The lowest BCUT2D eigenvalue weighted by molar-refractivity contribution is 0.0952. The van der Waals surface area contributed by atoms with Gasteiger partial charge in [-0.1, -0.05) is 18.2 Å². The van der Waals surface area contributed by atoms with E-state index in [0.717, 1.165) is 29.3 Å². The van der Waals surface area contributed by atoms with Crippen molar-refractivity contribution in [1.29, 1.82) is 0 Å². The lowest BCUT2D eigenvalue weighted by Crippen LogP contribution is -2.35. The fraction of sp³-hybridized carbons (Fsp3) is 0.300. The number of anilines is 1. The molecule has 0 radical (unpaired) electrons. The first-order valence-electron chi connectivity index (χ1n) is 8.54. The summed E-state index contributed by atoms with van der Waals surface area (Å²) in [5.41, 5.74) is 4.24. The topological polar surface area (TPSA) is 51.3 Å². The van der Waals surface area contributed by atoms with Crippen molar-refractivity contribution in [1.82, 2.24) is 9.78 Å². The van der Waals surface area contributed by atoms with Gasteiger partial charge in [0.2, 0.25) is 0 Å². The summed E-state index contributed by atoms with van der Waals surface area (Å²) in [7, 11) is 0. The Kier molecular flexibility index (Phi) is 3.71. The van der Waals surface area contributed by atoms with E-state index in [-0.39, 0.29) is 11.9 Å². The largest absolute Gasteiger partial charge is 0.454 e. The van der Waals surface area contributed by atoms with Crippen LogP contribution in [0.15, 0.2) is 46.9 Å². The van der Waals surface area contributed by atoms with Crippen molar-refractivity contribution in [3.05, 3.63) is 70.9 Å². The highest BCUT2D eigenvalue weighted by atomic mass is 16.4. The summed E-state index contributed by atoms with van der Waals surface area (Å²) in [5, 5.41) is 4.44. The first kappa shape index (κ1) is 15.7. The molecule has 1 atom stereocenters. The van der Waals surface area contributed by atoms with Crippen LogP contribution in [0, 0.1) is 13.8 Å². The van der Waals surface area contributed by atoms with Gasteiger partial charge in [0, 0.05) is 17.4 Å². The number of amides is 1. The van der Waals surface area contributed by atoms with E-state index in [4.69, 9.17) is 4.42 Å². The van der Waals surface area contributed by atoms with Crippen LogP contribution in [0.3, 0.4) is 0 Å². The number of furan rings is 1. The third-order valence-corrected chi connectivity index (χ3v) is 4.71. The Morgan fingerprint density at radius 3 is 2.80 bits per heavy atom. The minimum atomic E-state index is -0.0860. The minimum Gasteiger partial charge on any atom is -0.454 e. The van der Waals surface area contributed by atoms with Crippen LogP contribution in [-0.2, 0) is 13.0 Å². The average molecular weight is 335 g/mol. The lowest BCUT2D eigenvalue weighted by Gasteiger charge is -2.21. The van der Waals surface area contributed by atoms with Crippen LogP contribution in [0.4, 0.5) is 5.69 Å². The third-order valence-electron chi connectivity index (χ3n) is 4.71. The third kappa shape index (κ3) is 2.76. The Bertz CT molecular complexity index is 938. The molecule has 1 amide bonds. The van der Waals surface area contributed by atoms with Gasteiger partial charge >= 0.3 is 0 Å². The SMILES string of the molecule is Cc1cc(C)n(Cc2ccc(C(=O)N3c4ccccc4CC3C)o2)n1. The van der Waals surface area contributed by atoms with Crippen LogP contribution in [0.25, 0.3) is 0 Å². The molecule has 5 nitrogen and oxygen atoms in total. The zero-order valence-electron chi connectivity index (χ0n) is 14.7. The second-order valence-corrected chi connectivity index (χ2v) is 6.71. The van der Waals surface area contributed by atoms with Crippen molar-refractivity contribution in [3.8, 4) is 0 Å². The van der Waals surface area contributed by atoms with Crippen LogP contribution < -0.4 is 4.90 Å². The van der Waals surface area contributed by atoms with Gasteiger partial charge in [-0.3, -0.25) is 9.48 Å². The molecule has 4 rings (SSSR count). The van der Waals surface area contributed by atoms with Gasteiger partial charge in [0.25, 0.3) is 5.91 Å². The molecule has 1 unspecified atom stereocenters. The van der Waals surface area contributed by atoms with Crippen molar-refractivity contribution in [2.24, 2.45) is 0 Å². The number of nitrogens with zero attached hydrogens (tertiary/aromatic N) is 3. The monoisotopic (exact) mass is 335 g/mol. The summed E-state index contributed by atoms with van der Waals surface area (Å²) in [6.07, 6.45) is 0.876. The predicted molar refractivity (Wildman–Crippen MR) is 95.9 cm³/mol. The fourth-order valence-electron chi connectivity index (χ4n) is 3.55. The number of hydrogen-bond acceptors (Lipinski definition) is 3. The Morgan fingerprint density at radius 1 is 1.24 bits per heavy atom. The summed E-state index contributed by atoms with van der Waals surface area (Å²) in [6, 6.07) is 13.8. The molecule has 25 heavy (non-hydrogen) atoms. The van der Waals surface area contributed by atoms with Gasteiger partial charge in [0.1, 0.15) is 5.76 Å². The number of aromatic nitrogens is 2. The van der Waals surface area contributed by atoms with Gasteiger partial charge in [0.05, 0.1) is 12.2 Å². The van der Waals surface area contributed by atoms with Crippen LogP contribution in [0.1, 0.15) is 40.2 Å². The summed E-state index contributed by atoms with van der Waals surface area (Å²) in [4.78, 5) is 14.8. The number of aryl methyl sites for hydroxylation is 2. The molecule has 2 aromatic heterocycles. The number of hydrogen-bond donors (Lipinski definition) is 0. The first-order chi connectivity index (χ1) is 12.0. The fourth-order valence-corrected chi connectivity index (χ4v) is 3.55. The van der Waals surface area contributed by atoms with E-state index in [2.05, 4.69) is 18.1 Å². The summed E-state index contributed by atoms with van der Waals surface area (Å²) < 4.78 is 7.72. The molecule has 0 bridgehead atoms. The molecule has 1 aliphatic rings. The first-order valence-corrected chi connectivity index (χ1v) is 8.54. The molecule has 0 saturated carbocycles. The highest BCUT2D eigenvalue weighted by Crippen LogP contribution is 2.33. The van der Waals surface area contributed by atoms with E-state index in [1.807, 2.05) is 53.8 Å². The maximum atomic E-state index is 13.0. The maximum Gasteiger partial charge on any atom is 0.294 e. The number of fused-ring (bicyclic) bond motifs is 1. The quantitative estimate of drug-likeness (QED) is 0.733. The van der Waals surface area contributed by atoms with Crippen molar-refractivity contribution >= 4 is 11.6 Å². The van der Waals surface area contributed by atoms with Crippen LogP contribution in [0.5, 0.6) is 0 Å². The smallest absolute Gasteiger partial charge is 0.294 e. The second-order valence-electron chi connectivity index (χ2n) is 6.71. The van der Waals surface area contributed by atoms with E-state index in [9.17, 15) is 4.79 Å². The Morgan fingerprint density at radius 2 is 2.04 bits per heavy atom. The second kappa shape index (κ2) is 5.92. The zero-order valence-corrected chi connectivity index (χ0v) is 14.7. The molecule has 1 aromatic carbocycles. The van der Waals surface area contributed by atoms with E-state index in [1.165, 1.54) is 5.56 Å². The summed E-state index contributed by atoms with van der Waals surface area (Å²) in [6.45, 7) is 6.57. The van der Waals surface area contributed by atoms with Gasteiger partial charge < -0.3 is 9.32 Å². The van der Waals surface area contributed by atoms with Gasteiger partial charge in [-0.05, 0) is 57.0 Å². The van der Waals surface area contributed by atoms with E-state index < -0.39 is 0 Å². The molecule has 0 spiro atoms. The van der Waals surface area contributed by atoms with Gasteiger partial charge in [-0.15, -0.1) is 0 Å². The van der Waals surface area contributed by atoms with Gasteiger partial charge in [-0.2, -0.15) is 5.10 Å². The van der Waals surface area contributed by atoms with E-state index in [0.29, 0.717) is 12.3 Å². The maximum absolute atomic E-state index is 13.0. The Hall–Kier alpha value is -2.82. The molecule has 3 aromatic rings. The van der Waals surface area contributed by atoms with Crippen molar-refractivity contribution in [2.75, 3.05) is 4.90 Å². The number of carbonyl (C=O) groups is 1. The van der Waals surface area contributed by atoms with Crippen molar-refractivity contribution < 1.29 is 9.21 Å². The zero-order chi connectivity index (χ0) is 17.6. The normalized spacial score (nSPS) is 16.3. The molecule has 3 heterocycles. The summed E-state index contributed by atoms with van der Waals surface area (Å²) >= 11 is 0. The molecule has 0 fully saturated rings. The predicted octanol–water partition coefficient (Wildman–Crippen LogP) is 3.73. The molecule has 1 aliphatic heterocycles. The molecular formula is C20H21N3O2. The Balaban J connectivity index is 1.58. The standard InChI is InChI=1S/C20H21N3O2/c1-13-10-14(2)22(21-13)12-17-8-9-19(25-17)20(24)23-15(3)11-16-6-4-5-7-18(16)23/h4-10,15H,11-12H2,1-3H3. The van der Waals surface area contributed by atoms with Crippen LogP contribution >= 0.6 is 0 Å². The molecule has 0 saturated heterocycles. The molecule has 0 N–H and O–H groups in total. The van der Waals surface area contributed by atoms with Crippen molar-refractivity contribution in [2.45, 2.75) is 39.8 Å². The van der Waals surface area contributed by atoms with Crippen LogP contribution in [0.2, 0.25) is 0 Å². The molecule has 5 heteroatoms. The number of carbonyl (C=O) groups excluding carboxylic acids is 1. The highest BCUT2D eigenvalue weighted by Gasteiger charge is 2.32. The highest BCUT2D eigenvalue weighted by molar-refractivity contribution is 6.06. The van der Waals surface area contributed by atoms with E-state index in [1.54, 1.807) is 6.07 Å². The number of rotatable bonds is 3. The van der Waals surface area contributed by atoms with Gasteiger partial charge in [-0.25, -0.2) is 0 Å². The lowest BCUT2D eigenvalue weighted by atomic mass is 10.1. The molecule has 0 aliphatic carbocycles. The van der Waals surface area contributed by atoms with E-state index >= 15 is 0 Å². The molecular weight excluding hydrogens is 314 g/mol. The Labute approximate surface area is 146 Å².